The van der Waals surface area contributed by atoms with Gasteiger partial charge in [-0.05, 0) is 73.4 Å². The molecule has 6 aliphatic rings. The first-order chi connectivity index (χ1) is 28.3. The first-order valence-electron chi connectivity index (χ1n) is 21.2. The summed E-state index contributed by atoms with van der Waals surface area (Å²) in [6, 6.07) is 11.1. The smallest absolute Gasteiger partial charge is 0.341 e. The van der Waals surface area contributed by atoms with E-state index >= 15 is 0 Å². The van der Waals surface area contributed by atoms with Gasteiger partial charge in [-0.25, -0.2) is 4.79 Å². The predicted molar refractivity (Wildman–Crippen MR) is 220 cm³/mol. The highest BCUT2D eigenvalue weighted by Gasteiger charge is 2.80. The molecular weight excluding hydrogens is 753 g/mol. The molecule has 1 saturated carbocycles. The van der Waals surface area contributed by atoms with Crippen molar-refractivity contribution in [1.82, 2.24) is 14.8 Å². The lowest BCUT2D eigenvalue weighted by Crippen LogP contribution is -2.80. The highest BCUT2D eigenvalue weighted by Crippen LogP contribution is 2.69. The summed E-state index contributed by atoms with van der Waals surface area (Å²) in [7, 11) is 7.48. The number of esters is 3. The van der Waals surface area contributed by atoms with E-state index in [9.17, 15) is 24.6 Å². The van der Waals surface area contributed by atoms with Gasteiger partial charge in [-0.1, -0.05) is 44.2 Å². The maximum Gasteiger partial charge on any atom is 0.341 e. The molecule has 3 fully saturated rings. The Hall–Kier alpha value is -4.43. The van der Waals surface area contributed by atoms with Crippen molar-refractivity contribution in [2.75, 3.05) is 73.1 Å². The molecule has 6 heterocycles. The highest BCUT2D eigenvalue weighted by atomic mass is 16.5. The van der Waals surface area contributed by atoms with E-state index in [1.54, 1.807) is 7.11 Å². The molecule has 0 unspecified atom stereocenters. The number of rotatable bonds is 7. The third kappa shape index (κ3) is 5.26. The molecule has 2 aromatic carbocycles. The third-order valence-corrected chi connectivity index (χ3v) is 15.8. The third-order valence-electron chi connectivity index (χ3n) is 15.8. The minimum absolute atomic E-state index is 0.205. The Labute approximate surface area is 345 Å². The Balaban J connectivity index is 1.34. The Bertz CT molecular complexity index is 2240. The minimum Gasteiger partial charge on any atom is -0.496 e. The summed E-state index contributed by atoms with van der Waals surface area (Å²) in [4.78, 5) is 53.6. The summed E-state index contributed by atoms with van der Waals surface area (Å²) in [6.45, 7) is 7.24. The van der Waals surface area contributed by atoms with Gasteiger partial charge in [0.1, 0.15) is 17.6 Å². The molecule has 9 rings (SSSR count). The lowest BCUT2D eigenvalue weighted by molar-refractivity contribution is -0.209. The van der Waals surface area contributed by atoms with Crippen molar-refractivity contribution >= 4 is 34.5 Å². The molecule has 0 amide bonds. The van der Waals surface area contributed by atoms with Gasteiger partial charge in [0.25, 0.3) is 0 Å². The Morgan fingerprint density at radius 3 is 2.41 bits per heavy atom. The Morgan fingerprint density at radius 1 is 0.949 bits per heavy atom. The molecule has 5 aliphatic heterocycles. The molecule has 316 valence electrons. The number of anilines is 1. The number of aliphatic hydroxyl groups is 2. The van der Waals surface area contributed by atoms with Gasteiger partial charge in [0.05, 0.1) is 40.1 Å². The van der Waals surface area contributed by atoms with Gasteiger partial charge in [-0.2, -0.15) is 0 Å². The first-order valence-corrected chi connectivity index (χ1v) is 21.2. The van der Waals surface area contributed by atoms with Crippen LogP contribution < -0.4 is 9.64 Å². The summed E-state index contributed by atoms with van der Waals surface area (Å²) in [5, 5.41) is 26.6. The second kappa shape index (κ2) is 14.1. The number of hydrogen-bond donors (Lipinski definition) is 3. The molecule has 2 bridgehead atoms. The van der Waals surface area contributed by atoms with Gasteiger partial charge in [0.2, 0.25) is 0 Å². The van der Waals surface area contributed by atoms with E-state index in [0.717, 1.165) is 39.0 Å². The Morgan fingerprint density at radius 2 is 1.71 bits per heavy atom. The summed E-state index contributed by atoms with van der Waals surface area (Å²) in [6.07, 6.45) is 6.83. The van der Waals surface area contributed by atoms with E-state index in [2.05, 4.69) is 26.9 Å². The number of fused-ring (bicyclic) bond motifs is 6. The number of carbonyl (C=O) groups excluding carboxylic acids is 3. The van der Waals surface area contributed by atoms with Crippen LogP contribution in [0.1, 0.15) is 73.8 Å². The number of benzene rings is 2. The van der Waals surface area contributed by atoms with Gasteiger partial charge < -0.3 is 39.0 Å². The van der Waals surface area contributed by atoms with Crippen molar-refractivity contribution in [2.45, 2.75) is 86.5 Å². The number of methoxy groups -OCH3 is 4. The topological polar surface area (TPSA) is 154 Å². The van der Waals surface area contributed by atoms with Crippen LogP contribution in [0.4, 0.5) is 5.69 Å². The molecule has 1 aliphatic carbocycles. The fraction of sp³-hybridized carbons (Fsp3) is 0.587. The lowest BCUT2D eigenvalue weighted by Gasteiger charge is -2.63. The SMILES string of the molecule is CC[C@]1(O)C[C@@H]2C[N@@](CCc3c([nH]c4ccccc34)[C@H](C(=O)OC)[C@H]2c2cc3c(cc2OC)N(C)[C@H]2[C@@](O)(C(=O)OC)[C@H](C(=O)OC)[C@]4(CC)C=CCN5CC[C@]32[C@@H]54)C1. The zero-order valence-corrected chi connectivity index (χ0v) is 35.2. The molecule has 1 spiro atoms. The number of H-pyrrole nitrogens is 1. The van der Waals surface area contributed by atoms with Crippen LogP contribution in [0.3, 0.4) is 0 Å². The zero-order chi connectivity index (χ0) is 41.8. The highest BCUT2D eigenvalue weighted by molar-refractivity contribution is 5.93. The van der Waals surface area contributed by atoms with Crippen molar-refractivity contribution in [3.05, 3.63) is 70.9 Å². The number of para-hydroxylation sites is 1. The van der Waals surface area contributed by atoms with E-state index in [1.165, 1.54) is 21.3 Å². The van der Waals surface area contributed by atoms with Gasteiger partial charge in [-0.3, -0.25) is 19.4 Å². The molecular formula is C46H58N4O9. The van der Waals surface area contributed by atoms with Crippen LogP contribution in [0, 0.1) is 17.3 Å². The van der Waals surface area contributed by atoms with Crippen molar-refractivity contribution in [1.29, 1.82) is 0 Å². The number of carbonyl (C=O) groups is 3. The summed E-state index contributed by atoms with van der Waals surface area (Å²) >= 11 is 0. The summed E-state index contributed by atoms with van der Waals surface area (Å²) in [5.41, 5.74) is 0.106. The number of nitrogens with zero attached hydrogens (tertiary/aromatic N) is 3. The quantitative estimate of drug-likeness (QED) is 0.179. The molecule has 3 N–H and O–H groups in total. The molecule has 13 heteroatoms. The van der Waals surface area contributed by atoms with Gasteiger partial charge >= 0.3 is 17.9 Å². The second-order valence-corrected chi connectivity index (χ2v) is 18.1. The number of piperidine rings is 1. The van der Waals surface area contributed by atoms with Crippen LogP contribution in [0.5, 0.6) is 5.75 Å². The number of aromatic nitrogens is 1. The van der Waals surface area contributed by atoms with E-state index in [-0.39, 0.29) is 17.9 Å². The van der Waals surface area contributed by atoms with E-state index < -0.39 is 57.8 Å². The summed E-state index contributed by atoms with van der Waals surface area (Å²) < 4.78 is 23.0. The van der Waals surface area contributed by atoms with Crippen LogP contribution in [0.2, 0.25) is 0 Å². The fourth-order valence-electron chi connectivity index (χ4n) is 13.7. The molecule has 59 heavy (non-hydrogen) atoms. The fourth-order valence-corrected chi connectivity index (χ4v) is 13.7. The van der Waals surface area contributed by atoms with Crippen LogP contribution in [-0.2, 0) is 40.4 Å². The maximum absolute atomic E-state index is 14.7. The maximum atomic E-state index is 14.7. The van der Waals surface area contributed by atoms with E-state index in [4.69, 9.17) is 18.9 Å². The molecule has 3 aromatic rings. The van der Waals surface area contributed by atoms with Crippen LogP contribution >= 0.6 is 0 Å². The van der Waals surface area contributed by atoms with Crippen LogP contribution in [0.15, 0.2) is 48.6 Å². The largest absolute Gasteiger partial charge is 0.496 e. The standard InChI is InChI=1S/C46H58N4O9/c1-8-43(54)23-26-24-49(25-43)19-15-28-27-13-10-11-14-31(27)47-36(28)35(38(51)57-5)34(26)29-21-30-32(22-33(29)56-4)48(3)41-45(30)17-20-50-18-12-16-44(9-2,40(45)50)37(39(52)58-6)46(41,55)42(53)59-7/h10-14,16,21-22,26,34-35,37,40-41,47,54-55H,8-9,15,17-20,23-25H2,1-7H3/t26-,34-,35-,37-,40+,41-,43+,44+,45-,46-/m1/s1. The number of nitrogens with one attached hydrogen (secondary N) is 1. The lowest BCUT2D eigenvalue weighted by atomic mass is 9.44. The number of hydrogen-bond acceptors (Lipinski definition) is 12. The van der Waals surface area contributed by atoms with Crippen LogP contribution in [0.25, 0.3) is 10.9 Å². The zero-order valence-electron chi connectivity index (χ0n) is 35.2. The van der Waals surface area contributed by atoms with Gasteiger partial charge in [0, 0.05) is 84.4 Å². The molecule has 0 radical (unpaired) electrons. The Kier molecular flexibility index (Phi) is 9.54. The van der Waals surface area contributed by atoms with E-state index in [0.29, 0.717) is 70.6 Å². The molecule has 1 aromatic heterocycles. The van der Waals surface area contributed by atoms with Gasteiger partial charge in [-0.15, -0.1) is 0 Å². The van der Waals surface area contributed by atoms with E-state index in [1.807, 2.05) is 62.2 Å². The van der Waals surface area contributed by atoms with Crippen molar-refractivity contribution in [3.8, 4) is 5.75 Å². The second-order valence-electron chi connectivity index (χ2n) is 18.1. The summed E-state index contributed by atoms with van der Waals surface area (Å²) in [5.74, 6) is -4.18. The molecule has 2 saturated heterocycles. The van der Waals surface area contributed by atoms with Gasteiger partial charge in [0.15, 0.2) is 5.60 Å². The minimum atomic E-state index is -2.32. The van der Waals surface area contributed by atoms with Crippen molar-refractivity contribution in [3.63, 3.8) is 0 Å². The average Bonchev–Trinajstić information content (AvgIpc) is 3.90. The number of aromatic amines is 1. The normalized spacial score (nSPS) is 37.0. The van der Waals surface area contributed by atoms with Crippen LogP contribution in [-0.4, -0.2) is 134 Å². The molecule has 13 nitrogen and oxygen atoms in total. The van der Waals surface area contributed by atoms with Crippen molar-refractivity contribution in [2.24, 2.45) is 17.3 Å². The number of likely N-dealkylation sites (N-methyl/N-ethyl adjacent to an activating group) is 1. The number of ether oxygens (including phenoxy) is 4. The monoisotopic (exact) mass is 810 g/mol. The van der Waals surface area contributed by atoms with Crippen molar-refractivity contribution < 1.29 is 43.5 Å². The predicted octanol–water partition coefficient (Wildman–Crippen LogP) is 4.04. The first kappa shape index (κ1) is 40.0. The molecule has 11 atom stereocenters. The average molecular weight is 811 g/mol.